The number of carbonyl (C=O) groups excluding carboxylic acids is 1. The van der Waals surface area contributed by atoms with Crippen LogP contribution < -0.4 is 16.0 Å². The van der Waals surface area contributed by atoms with E-state index in [1.54, 1.807) is 24.1 Å². The SMILES string of the molecule is CCCNC(=O)CN(C)c1ccc(CN)c(Br)c1F. The van der Waals surface area contributed by atoms with E-state index in [1.165, 1.54) is 0 Å². The Morgan fingerprint density at radius 1 is 1.53 bits per heavy atom. The highest BCUT2D eigenvalue weighted by molar-refractivity contribution is 9.10. The van der Waals surface area contributed by atoms with Crippen LogP contribution in [0.4, 0.5) is 10.1 Å². The van der Waals surface area contributed by atoms with Gasteiger partial charge in [0.1, 0.15) is 0 Å². The molecule has 0 aliphatic heterocycles. The highest BCUT2D eigenvalue weighted by atomic mass is 79.9. The highest BCUT2D eigenvalue weighted by Crippen LogP contribution is 2.28. The van der Waals surface area contributed by atoms with Crippen molar-refractivity contribution in [3.05, 3.63) is 28.0 Å². The molecule has 0 radical (unpaired) electrons. The number of likely N-dealkylation sites (N-methyl/N-ethyl adjacent to an activating group) is 1. The van der Waals surface area contributed by atoms with Crippen LogP contribution in [0.3, 0.4) is 0 Å². The fraction of sp³-hybridized carbons (Fsp3) is 0.462. The second-order valence-electron chi connectivity index (χ2n) is 4.28. The highest BCUT2D eigenvalue weighted by Gasteiger charge is 2.15. The first kappa shape index (κ1) is 15.9. The number of carbonyl (C=O) groups is 1. The number of benzene rings is 1. The third-order valence-electron chi connectivity index (χ3n) is 2.73. The van der Waals surface area contributed by atoms with Crippen LogP contribution in [0, 0.1) is 5.82 Å². The lowest BCUT2D eigenvalue weighted by molar-refractivity contribution is -0.119. The van der Waals surface area contributed by atoms with Crippen molar-refractivity contribution < 1.29 is 9.18 Å². The largest absolute Gasteiger partial charge is 0.363 e. The predicted octanol–water partition coefficient (Wildman–Crippen LogP) is 2.01. The van der Waals surface area contributed by atoms with E-state index in [-0.39, 0.29) is 19.0 Å². The third-order valence-corrected chi connectivity index (χ3v) is 3.58. The van der Waals surface area contributed by atoms with Gasteiger partial charge in [-0.15, -0.1) is 0 Å². The zero-order valence-corrected chi connectivity index (χ0v) is 12.8. The first-order valence-electron chi connectivity index (χ1n) is 6.16. The number of nitrogens with zero attached hydrogens (tertiary/aromatic N) is 1. The number of nitrogens with two attached hydrogens (primary N) is 1. The Labute approximate surface area is 121 Å². The normalized spacial score (nSPS) is 10.4. The number of rotatable bonds is 6. The Morgan fingerprint density at radius 2 is 2.21 bits per heavy atom. The summed E-state index contributed by atoms with van der Waals surface area (Å²) in [6.07, 6.45) is 0.876. The van der Waals surface area contributed by atoms with Crippen molar-refractivity contribution in [3.63, 3.8) is 0 Å². The molecule has 0 aliphatic rings. The monoisotopic (exact) mass is 331 g/mol. The minimum atomic E-state index is -0.395. The maximum atomic E-state index is 14.1. The minimum absolute atomic E-state index is 0.116. The van der Waals surface area contributed by atoms with Crippen LogP contribution in [0.1, 0.15) is 18.9 Å². The van der Waals surface area contributed by atoms with Gasteiger partial charge in [0.05, 0.1) is 16.7 Å². The minimum Gasteiger partial charge on any atom is -0.363 e. The summed E-state index contributed by atoms with van der Waals surface area (Å²) < 4.78 is 14.5. The molecule has 3 N–H and O–H groups in total. The molecule has 1 amide bonds. The van der Waals surface area contributed by atoms with Crippen LogP contribution in [-0.2, 0) is 11.3 Å². The van der Waals surface area contributed by atoms with Gasteiger partial charge in [0.25, 0.3) is 0 Å². The summed E-state index contributed by atoms with van der Waals surface area (Å²) in [5.41, 5.74) is 6.58. The van der Waals surface area contributed by atoms with Gasteiger partial charge in [-0.2, -0.15) is 0 Å². The molecule has 0 spiro atoms. The topological polar surface area (TPSA) is 58.4 Å². The van der Waals surface area contributed by atoms with Gasteiger partial charge >= 0.3 is 0 Å². The lowest BCUT2D eigenvalue weighted by Gasteiger charge is -2.20. The van der Waals surface area contributed by atoms with Crippen LogP contribution in [0.2, 0.25) is 0 Å². The van der Waals surface area contributed by atoms with Crippen molar-refractivity contribution in [1.29, 1.82) is 0 Å². The van der Waals surface area contributed by atoms with E-state index < -0.39 is 5.82 Å². The molecule has 19 heavy (non-hydrogen) atoms. The summed E-state index contributed by atoms with van der Waals surface area (Å²) >= 11 is 3.19. The maximum Gasteiger partial charge on any atom is 0.239 e. The van der Waals surface area contributed by atoms with Gasteiger partial charge in [0.15, 0.2) is 5.82 Å². The molecule has 1 aromatic rings. The lowest BCUT2D eigenvalue weighted by atomic mass is 10.2. The molecule has 106 valence electrons. The summed E-state index contributed by atoms with van der Waals surface area (Å²) in [5, 5.41) is 2.75. The van der Waals surface area contributed by atoms with E-state index in [4.69, 9.17) is 5.73 Å². The van der Waals surface area contributed by atoms with Crippen LogP contribution in [0.25, 0.3) is 0 Å². The first-order valence-corrected chi connectivity index (χ1v) is 6.95. The number of hydrogen-bond acceptors (Lipinski definition) is 3. The standard InChI is InChI=1S/C13H19BrFN3O/c1-3-6-17-11(19)8-18(2)10-5-4-9(7-16)12(14)13(10)15/h4-5H,3,6-8,16H2,1-2H3,(H,17,19). The Bertz CT molecular complexity index is 454. The number of halogens is 2. The summed E-state index contributed by atoms with van der Waals surface area (Å²) in [7, 11) is 1.68. The molecule has 1 rings (SSSR count). The first-order chi connectivity index (χ1) is 9.01. The van der Waals surface area contributed by atoms with Crippen molar-refractivity contribution in [1.82, 2.24) is 5.32 Å². The number of hydrogen-bond donors (Lipinski definition) is 2. The molecule has 0 saturated heterocycles. The fourth-order valence-electron chi connectivity index (χ4n) is 1.65. The quantitative estimate of drug-likeness (QED) is 0.838. The molecule has 0 unspecified atom stereocenters. The van der Waals surface area contributed by atoms with E-state index in [9.17, 15) is 9.18 Å². The molecule has 0 atom stereocenters. The summed E-state index contributed by atoms with van der Waals surface area (Å²) in [6, 6.07) is 3.39. The number of nitrogens with one attached hydrogen (secondary N) is 1. The maximum absolute atomic E-state index is 14.1. The molecule has 0 fully saturated rings. The van der Waals surface area contributed by atoms with Gasteiger partial charge in [0, 0.05) is 20.1 Å². The Kier molecular flexibility index (Phi) is 6.24. The molecule has 0 bridgehead atoms. The lowest BCUT2D eigenvalue weighted by Crippen LogP contribution is -2.35. The van der Waals surface area contributed by atoms with Gasteiger partial charge in [-0.1, -0.05) is 13.0 Å². The van der Waals surface area contributed by atoms with Crippen molar-refractivity contribution in [2.24, 2.45) is 5.73 Å². The summed E-state index contributed by atoms with van der Waals surface area (Å²) in [5.74, 6) is -0.517. The zero-order valence-electron chi connectivity index (χ0n) is 11.2. The van der Waals surface area contributed by atoms with E-state index in [2.05, 4.69) is 21.2 Å². The molecular formula is C13H19BrFN3O. The van der Waals surface area contributed by atoms with E-state index in [0.29, 0.717) is 22.3 Å². The summed E-state index contributed by atoms with van der Waals surface area (Å²) in [4.78, 5) is 13.2. The van der Waals surface area contributed by atoms with Crippen molar-refractivity contribution >= 4 is 27.5 Å². The van der Waals surface area contributed by atoms with Crippen LogP contribution in [0.5, 0.6) is 0 Å². The van der Waals surface area contributed by atoms with E-state index in [0.717, 1.165) is 6.42 Å². The second kappa shape index (κ2) is 7.45. The van der Waals surface area contributed by atoms with Gasteiger partial charge in [-0.25, -0.2) is 4.39 Å². The van der Waals surface area contributed by atoms with Crippen molar-refractivity contribution in [3.8, 4) is 0 Å². The summed E-state index contributed by atoms with van der Waals surface area (Å²) in [6.45, 7) is 2.99. The average molecular weight is 332 g/mol. The Balaban J connectivity index is 2.80. The molecule has 0 heterocycles. The Morgan fingerprint density at radius 3 is 2.79 bits per heavy atom. The average Bonchev–Trinajstić information content (AvgIpc) is 2.39. The molecule has 4 nitrogen and oxygen atoms in total. The second-order valence-corrected chi connectivity index (χ2v) is 5.07. The predicted molar refractivity (Wildman–Crippen MR) is 78.6 cm³/mol. The van der Waals surface area contributed by atoms with Gasteiger partial charge in [-0.05, 0) is 34.0 Å². The molecular weight excluding hydrogens is 313 g/mol. The fourth-order valence-corrected chi connectivity index (χ4v) is 2.15. The van der Waals surface area contributed by atoms with E-state index >= 15 is 0 Å². The van der Waals surface area contributed by atoms with Crippen molar-refractivity contribution in [2.45, 2.75) is 19.9 Å². The molecule has 1 aromatic carbocycles. The molecule has 6 heteroatoms. The molecule has 0 aliphatic carbocycles. The zero-order chi connectivity index (χ0) is 14.4. The Hall–Kier alpha value is -1.14. The van der Waals surface area contributed by atoms with Crippen LogP contribution in [-0.4, -0.2) is 26.0 Å². The van der Waals surface area contributed by atoms with E-state index in [1.807, 2.05) is 6.92 Å². The molecule has 0 saturated carbocycles. The number of amides is 1. The van der Waals surface area contributed by atoms with Gasteiger partial charge in [0.2, 0.25) is 5.91 Å². The molecule has 0 aromatic heterocycles. The third kappa shape index (κ3) is 4.18. The smallest absolute Gasteiger partial charge is 0.239 e. The number of anilines is 1. The van der Waals surface area contributed by atoms with Crippen LogP contribution in [0.15, 0.2) is 16.6 Å². The van der Waals surface area contributed by atoms with Crippen molar-refractivity contribution in [2.75, 3.05) is 25.0 Å². The van der Waals surface area contributed by atoms with Gasteiger partial charge < -0.3 is 16.0 Å². The van der Waals surface area contributed by atoms with Gasteiger partial charge in [-0.3, -0.25) is 4.79 Å². The van der Waals surface area contributed by atoms with Crippen LogP contribution >= 0.6 is 15.9 Å².